The van der Waals surface area contributed by atoms with E-state index in [1.807, 2.05) is 0 Å². The Morgan fingerprint density at radius 2 is 1.48 bits per heavy atom. The molecule has 0 bridgehead atoms. The second-order valence-corrected chi connectivity index (χ2v) is 5.54. The monoisotopic (exact) mass is 300 g/mol. The van der Waals surface area contributed by atoms with Crippen molar-refractivity contribution in [2.24, 2.45) is 0 Å². The lowest BCUT2D eigenvalue weighted by atomic mass is 10.1. The third-order valence-corrected chi connectivity index (χ3v) is 3.52. The van der Waals surface area contributed by atoms with Crippen LogP contribution >= 0.6 is 0 Å². The van der Waals surface area contributed by atoms with Crippen molar-refractivity contribution in [2.45, 2.75) is 83.3 Å². The van der Waals surface area contributed by atoms with Crippen LogP contribution in [0.1, 0.15) is 71.1 Å². The number of carbonyl (C=O) groups excluding carboxylic acids is 1. The predicted octanol–water partition coefficient (Wildman–Crippen LogP) is 3.36. The first-order chi connectivity index (χ1) is 10.1. The maximum atomic E-state index is 10.9. The maximum Gasteiger partial charge on any atom is 0.305 e. The zero-order valence-corrected chi connectivity index (χ0v) is 13.6. The molecule has 21 heavy (non-hydrogen) atoms. The number of esters is 1. The van der Waals surface area contributed by atoms with E-state index in [0.29, 0.717) is 12.8 Å². The van der Waals surface area contributed by atoms with Crippen molar-refractivity contribution < 1.29 is 19.7 Å². The fourth-order valence-electron chi connectivity index (χ4n) is 2.13. The smallest absolute Gasteiger partial charge is 0.305 e. The molecule has 0 aliphatic carbocycles. The number of hydrogen-bond donors (Lipinski definition) is 2. The van der Waals surface area contributed by atoms with Gasteiger partial charge in [-0.2, -0.15) is 0 Å². The Labute approximate surface area is 129 Å². The molecule has 0 saturated heterocycles. The van der Waals surface area contributed by atoms with E-state index in [0.717, 1.165) is 51.4 Å². The summed E-state index contributed by atoms with van der Waals surface area (Å²) in [5, 5.41) is 19.5. The number of carbonyl (C=O) groups is 1. The molecule has 0 unspecified atom stereocenters. The fourth-order valence-corrected chi connectivity index (χ4v) is 2.13. The fraction of sp³-hybridized carbons (Fsp3) is 0.824. The second-order valence-electron chi connectivity index (χ2n) is 5.54. The van der Waals surface area contributed by atoms with E-state index in [2.05, 4.69) is 11.7 Å². The van der Waals surface area contributed by atoms with Gasteiger partial charge >= 0.3 is 5.97 Å². The molecule has 0 aliphatic heterocycles. The highest BCUT2D eigenvalue weighted by Crippen LogP contribution is 2.10. The molecule has 0 radical (unpaired) electrons. The van der Waals surface area contributed by atoms with Crippen molar-refractivity contribution in [1.82, 2.24) is 0 Å². The Kier molecular flexibility index (Phi) is 13.5. The van der Waals surface area contributed by atoms with Crippen molar-refractivity contribution in [3.05, 3.63) is 12.2 Å². The van der Waals surface area contributed by atoms with Crippen LogP contribution in [0, 0.1) is 0 Å². The van der Waals surface area contributed by atoms with Crippen molar-refractivity contribution in [2.75, 3.05) is 7.11 Å². The van der Waals surface area contributed by atoms with Gasteiger partial charge in [-0.05, 0) is 19.3 Å². The van der Waals surface area contributed by atoms with Gasteiger partial charge in [0.25, 0.3) is 0 Å². The molecule has 124 valence electrons. The summed E-state index contributed by atoms with van der Waals surface area (Å²) in [6, 6.07) is 0. The van der Waals surface area contributed by atoms with Gasteiger partial charge in [0.2, 0.25) is 0 Å². The highest BCUT2D eigenvalue weighted by atomic mass is 16.5. The molecule has 0 spiro atoms. The highest BCUT2D eigenvalue weighted by molar-refractivity contribution is 5.68. The average Bonchev–Trinajstić information content (AvgIpc) is 2.48. The molecule has 0 amide bonds. The van der Waals surface area contributed by atoms with Gasteiger partial charge in [0.15, 0.2) is 0 Å². The first kappa shape index (κ1) is 20.1. The zero-order chi connectivity index (χ0) is 15.9. The molecule has 2 N–H and O–H groups in total. The summed E-state index contributed by atoms with van der Waals surface area (Å²) in [5.41, 5.74) is 0. The summed E-state index contributed by atoms with van der Waals surface area (Å²) in [5.74, 6) is -0.157. The number of unbranched alkanes of at least 4 members (excludes halogenated alkanes) is 5. The van der Waals surface area contributed by atoms with Crippen LogP contribution in [0.25, 0.3) is 0 Å². The standard InChI is InChI=1S/C17H32O4/c1-3-4-7-10-15(18)13-14-16(19)11-8-5-6-9-12-17(20)21-2/h13-16,18-19H,3-12H2,1-2H3/b14-13+/t15-,16+/m0/s1. The van der Waals surface area contributed by atoms with E-state index >= 15 is 0 Å². The summed E-state index contributed by atoms with van der Waals surface area (Å²) in [6.45, 7) is 2.14. The van der Waals surface area contributed by atoms with Gasteiger partial charge in [0.05, 0.1) is 19.3 Å². The van der Waals surface area contributed by atoms with Gasteiger partial charge in [-0.25, -0.2) is 0 Å². The van der Waals surface area contributed by atoms with E-state index in [1.54, 1.807) is 12.2 Å². The number of methoxy groups -OCH3 is 1. The lowest BCUT2D eigenvalue weighted by Crippen LogP contribution is -2.06. The summed E-state index contributed by atoms with van der Waals surface area (Å²) in [7, 11) is 1.40. The molecule has 0 aromatic heterocycles. The first-order valence-electron chi connectivity index (χ1n) is 8.21. The largest absolute Gasteiger partial charge is 0.469 e. The Hall–Kier alpha value is -0.870. The van der Waals surface area contributed by atoms with Gasteiger partial charge in [-0.15, -0.1) is 0 Å². The molecule has 0 aliphatic rings. The Morgan fingerprint density at radius 3 is 2.00 bits per heavy atom. The van der Waals surface area contributed by atoms with Crippen molar-refractivity contribution >= 4 is 5.97 Å². The number of aliphatic hydroxyl groups excluding tert-OH is 2. The molecule has 2 atom stereocenters. The van der Waals surface area contributed by atoms with Crippen LogP contribution < -0.4 is 0 Å². The lowest BCUT2D eigenvalue weighted by Gasteiger charge is -2.08. The minimum absolute atomic E-state index is 0.157. The molecular weight excluding hydrogens is 268 g/mol. The minimum Gasteiger partial charge on any atom is -0.469 e. The summed E-state index contributed by atoms with van der Waals surface area (Å²) < 4.78 is 4.57. The van der Waals surface area contributed by atoms with Gasteiger partial charge in [-0.1, -0.05) is 57.6 Å². The van der Waals surface area contributed by atoms with Crippen LogP contribution in [-0.4, -0.2) is 35.5 Å². The zero-order valence-electron chi connectivity index (χ0n) is 13.6. The van der Waals surface area contributed by atoms with Crippen LogP contribution in [0.4, 0.5) is 0 Å². The van der Waals surface area contributed by atoms with E-state index < -0.39 is 12.2 Å². The van der Waals surface area contributed by atoms with Crippen LogP contribution in [0.3, 0.4) is 0 Å². The third kappa shape index (κ3) is 13.9. The first-order valence-corrected chi connectivity index (χ1v) is 8.21. The highest BCUT2D eigenvalue weighted by Gasteiger charge is 2.03. The predicted molar refractivity (Wildman–Crippen MR) is 85.0 cm³/mol. The molecule has 0 saturated carbocycles. The molecule has 0 aromatic rings. The van der Waals surface area contributed by atoms with Crippen LogP contribution in [-0.2, 0) is 9.53 Å². The average molecular weight is 300 g/mol. The lowest BCUT2D eigenvalue weighted by molar-refractivity contribution is -0.140. The van der Waals surface area contributed by atoms with Crippen molar-refractivity contribution in [1.29, 1.82) is 0 Å². The van der Waals surface area contributed by atoms with Crippen LogP contribution in [0.15, 0.2) is 12.2 Å². The molecule has 4 nitrogen and oxygen atoms in total. The third-order valence-electron chi connectivity index (χ3n) is 3.52. The molecule has 4 heteroatoms. The van der Waals surface area contributed by atoms with Crippen LogP contribution in [0.5, 0.6) is 0 Å². The summed E-state index contributed by atoms with van der Waals surface area (Å²) in [6.07, 6.45) is 11.5. The number of hydrogen-bond acceptors (Lipinski definition) is 4. The summed E-state index contributed by atoms with van der Waals surface area (Å²) in [4.78, 5) is 10.9. The van der Waals surface area contributed by atoms with E-state index in [4.69, 9.17) is 0 Å². The normalized spacial score (nSPS) is 14.3. The number of rotatable bonds is 13. The number of ether oxygens (including phenoxy) is 1. The Balaban J connectivity index is 3.52. The Morgan fingerprint density at radius 1 is 0.952 bits per heavy atom. The minimum atomic E-state index is -0.480. The van der Waals surface area contributed by atoms with E-state index in [-0.39, 0.29) is 5.97 Å². The van der Waals surface area contributed by atoms with Crippen molar-refractivity contribution in [3.8, 4) is 0 Å². The van der Waals surface area contributed by atoms with Gasteiger partial charge in [-0.3, -0.25) is 4.79 Å². The molecule has 0 rings (SSSR count). The number of aliphatic hydroxyl groups is 2. The quantitative estimate of drug-likeness (QED) is 0.311. The second kappa shape index (κ2) is 14.1. The maximum absolute atomic E-state index is 10.9. The molecule has 0 aromatic carbocycles. The van der Waals surface area contributed by atoms with Crippen molar-refractivity contribution in [3.63, 3.8) is 0 Å². The van der Waals surface area contributed by atoms with Gasteiger partial charge in [0.1, 0.15) is 0 Å². The van der Waals surface area contributed by atoms with Crippen LogP contribution in [0.2, 0.25) is 0 Å². The van der Waals surface area contributed by atoms with E-state index in [1.165, 1.54) is 7.11 Å². The van der Waals surface area contributed by atoms with Gasteiger partial charge in [0, 0.05) is 6.42 Å². The molecule has 0 fully saturated rings. The topological polar surface area (TPSA) is 66.8 Å². The Bertz CT molecular complexity index is 276. The summed E-state index contributed by atoms with van der Waals surface area (Å²) >= 11 is 0. The molecule has 0 heterocycles. The molecular formula is C17H32O4. The van der Waals surface area contributed by atoms with Gasteiger partial charge < -0.3 is 14.9 Å². The SMILES string of the molecule is CCCCC[C@H](O)/C=C/[C@H](O)CCCCCCC(=O)OC. The van der Waals surface area contributed by atoms with E-state index in [9.17, 15) is 15.0 Å².